The van der Waals surface area contributed by atoms with Gasteiger partial charge < -0.3 is 5.32 Å². The molecule has 0 bridgehead atoms. The summed E-state index contributed by atoms with van der Waals surface area (Å²) in [6, 6.07) is 8.68. The molecule has 114 valence electrons. The Hall–Kier alpha value is -1.79. The number of aromatic nitrogens is 2. The van der Waals surface area contributed by atoms with Crippen molar-refractivity contribution in [2.75, 3.05) is 0 Å². The molecule has 0 spiro atoms. The van der Waals surface area contributed by atoms with Crippen molar-refractivity contribution in [2.45, 2.75) is 44.4 Å². The lowest BCUT2D eigenvalue weighted by Crippen LogP contribution is -2.50. The van der Waals surface area contributed by atoms with Crippen LogP contribution in [0.5, 0.6) is 0 Å². The first kappa shape index (κ1) is 13.8. The van der Waals surface area contributed by atoms with Gasteiger partial charge in [0.15, 0.2) is 0 Å². The van der Waals surface area contributed by atoms with E-state index in [4.69, 9.17) is 0 Å². The van der Waals surface area contributed by atoms with Gasteiger partial charge >= 0.3 is 0 Å². The lowest BCUT2D eigenvalue weighted by Gasteiger charge is -2.35. The highest BCUT2D eigenvalue weighted by molar-refractivity contribution is 7.03. The van der Waals surface area contributed by atoms with Gasteiger partial charge in [0.2, 0.25) is 5.91 Å². The number of nitrogens with one attached hydrogen (secondary N) is 1. The molecule has 2 aliphatic rings. The minimum Gasteiger partial charge on any atom is -0.352 e. The SMILES string of the molecule is O=C(NC1CC1)[C@H]1Cc2ccccc2CN1Cc1csnn1. The first-order chi connectivity index (χ1) is 10.8. The molecule has 0 radical (unpaired) electrons. The third-order valence-corrected chi connectivity index (χ3v) is 4.90. The van der Waals surface area contributed by atoms with Crippen molar-refractivity contribution in [3.05, 3.63) is 46.5 Å². The fourth-order valence-electron chi connectivity index (χ4n) is 2.99. The van der Waals surface area contributed by atoms with Crippen LogP contribution < -0.4 is 5.32 Å². The molecule has 6 heteroatoms. The van der Waals surface area contributed by atoms with Crippen LogP contribution in [0.4, 0.5) is 0 Å². The molecular weight excluding hydrogens is 296 g/mol. The van der Waals surface area contributed by atoms with Gasteiger partial charge in [-0.25, -0.2) is 0 Å². The van der Waals surface area contributed by atoms with Crippen LogP contribution in [0.15, 0.2) is 29.6 Å². The summed E-state index contributed by atoms with van der Waals surface area (Å²) in [5.74, 6) is 0.153. The van der Waals surface area contributed by atoms with Gasteiger partial charge in [0.05, 0.1) is 11.7 Å². The Balaban J connectivity index is 1.58. The van der Waals surface area contributed by atoms with Gasteiger partial charge in [-0.1, -0.05) is 28.8 Å². The number of fused-ring (bicyclic) bond motifs is 1. The summed E-state index contributed by atoms with van der Waals surface area (Å²) < 4.78 is 3.92. The molecule has 1 saturated carbocycles. The van der Waals surface area contributed by atoms with E-state index in [1.165, 1.54) is 22.7 Å². The first-order valence-electron chi connectivity index (χ1n) is 7.67. The molecule has 5 nitrogen and oxygen atoms in total. The van der Waals surface area contributed by atoms with Crippen LogP contribution in [-0.4, -0.2) is 32.5 Å². The predicted octanol–water partition coefficient (Wildman–Crippen LogP) is 1.74. The van der Waals surface area contributed by atoms with E-state index < -0.39 is 0 Å². The smallest absolute Gasteiger partial charge is 0.237 e. The number of carbonyl (C=O) groups is 1. The van der Waals surface area contributed by atoms with Gasteiger partial charge in [0, 0.05) is 24.5 Å². The van der Waals surface area contributed by atoms with Crippen LogP contribution >= 0.6 is 11.5 Å². The average Bonchev–Trinajstić information content (AvgIpc) is 3.19. The average molecular weight is 314 g/mol. The molecule has 1 amide bonds. The number of amides is 1. The Kier molecular flexibility index (Phi) is 3.63. The normalized spacial score (nSPS) is 21.4. The molecule has 2 aromatic rings. The number of carbonyl (C=O) groups excluding carboxylic acids is 1. The number of hydrogen-bond donors (Lipinski definition) is 1. The molecule has 4 rings (SSSR count). The lowest BCUT2D eigenvalue weighted by molar-refractivity contribution is -0.127. The third-order valence-electron chi connectivity index (χ3n) is 4.34. The molecule has 1 aromatic carbocycles. The maximum Gasteiger partial charge on any atom is 0.237 e. The van der Waals surface area contributed by atoms with Crippen LogP contribution in [0.3, 0.4) is 0 Å². The van der Waals surface area contributed by atoms with Crippen molar-refractivity contribution >= 4 is 17.4 Å². The number of nitrogens with zero attached hydrogens (tertiary/aromatic N) is 3. The zero-order chi connectivity index (χ0) is 14.9. The summed E-state index contributed by atoms with van der Waals surface area (Å²) in [5.41, 5.74) is 3.53. The third kappa shape index (κ3) is 2.89. The Morgan fingerprint density at radius 2 is 2.14 bits per heavy atom. The van der Waals surface area contributed by atoms with E-state index in [-0.39, 0.29) is 11.9 Å². The van der Waals surface area contributed by atoms with Crippen molar-refractivity contribution in [3.8, 4) is 0 Å². The summed E-state index contributed by atoms with van der Waals surface area (Å²) in [4.78, 5) is 14.8. The van der Waals surface area contributed by atoms with Crippen LogP contribution in [-0.2, 0) is 24.3 Å². The molecule has 1 aliphatic carbocycles. The second-order valence-corrected chi connectivity index (χ2v) is 6.68. The molecule has 1 aromatic heterocycles. The zero-order valence-corrected chi connectivity index (χ0v) is 13.1. The number of benzene rings is 1. The number of rotatable bonds is 4. The van der Waals surface area contributed by atoms with Gasteiger partial charge in [-0.15, -0.1) is 5.10 Å². The highest BCUT2D eigenvalue weighted by Gasteiger charge is 2.34. The van der Waals surface area contributed by atoms with Crippen molar-refractivity contribution in [1.29, 1.82) is 0 Å². The molecule has 1 aliphatic heterocycles. The first-order valence-corrected chi connectivity index (χ1v) is 8.50. The second-order valence-electron chi connectivity index (χ2n) is 6.07. The molecular formula is C16H18N4OS. The van der Waals surface area contributed by atoms with Crippen LogP contribution in [0.2, 0.25) is 0 Å². The Bertz CT molecular complexity index is 669. The minimum atomic E-state index is -0.114. The van der Waals surface area contributed by atoms with Crippen molar-refractivity contribution in [3.63, 3.8) is 0 Å². The van der Waals surface area contributed by atoms with Crippen LogP contribution in [0.25, 0.3) is 0 Å². The quantitative estimate of drug-likeness (QED) is 0.934. The molecule has 2 heterocycles. The van der Waals surface area contributed by atoms with E-state index in [0.717, 1.165) is 31.5 Å². The summed E-state index contributed by atoms with van der Waals surface area (Å²) in [6.45, 7) is 1.46. The van der Waals surface area contributed by atoms with Gasteiger partial charge in [-0.2, -0.15) is 0 Å². The largest absolute Gasteiger partial charge is 0.352 e. The molecule has 1 fully saturated rings. The van der Waals surface area contributed by atoms with Gasteiger partial charge in [-0.3, -0.25) is 9.69 Å². The fourth-order valence-corrected chi connectivity index (χ4v) is 3.43. The zero-order valence-electron chi connectivity index (χ0n) is 12.2. The number of hydrogen-bond acceptors (Lipinski definition) is 5. The molecule has 0 unspecified atom stereocenters. The highest BCUT2D eigenvalue weighted by Crippen LogP contribution is 2.26. The maximum atomic E-state index is 12.6. The minimum absolute atomic E-state index is 0.114. The molecule has 1 N–H and O–H groups in total. The van der Waals surface area contributed by atoms with E-state index in [0.29, 0.717) is 12.6 Å². The molecule has 0 saturated heterocycles. The topological polar surface area (TPSA) is 58.1 Å². The van der Waals surface area contributed by atoms with Gasteiger partial charge in [0.25, 0.3) is 0 Å². The summed E-state index contributed by atoms with van der Waals surface area (Å²) in [5, 5.41) is 9.23. The summed E-state index contributed by atoms with van der Waals surface area (Å²) in [6.07, 6.45) is 3.00. The van der Waals surface area contributed by atoms with E-state index in [2.05, 4.69) is 44.1 Å². The van der Waals surface area contributed by atoms with Gasteiger partial charge in [-0.05, 0) is 41.9 Å². The van der Waals surface area contributed by atoms with Crippen molar-refractivity contribution in [1.82, 2.24) is 19.8 Å². The van der Waals surface area contributed by atoms with Gasteiger partial charge in [0.1, 0.15) is 0 Å². The van der Waals surface area contributed by atoms with Crippen LogP contribution in [0.1, 0.15) is 29.7 Å². The van der Waals surface area contributed by atoms with Crippen molar-refractivity contribution < 1.29 is 4.79 Å². The highest BCUT2D eigenvalue weighted by atomic mass is 32.1. The molecule has 22 heavy (non-hydrogen) atoms. The maximum absolute atomic E-state index is 12.6. The Morgan fingerprint density at radius 3 is 2.86 bits per heavy atom. The van der Waals surface area contributed by atoms with Crippen molar-refractivity contribution in [2.24, 2.45) is 0 Å². The molecule has 1 atom stereocenters. The van der Waals surface area contributed by atoms with E-state index in [9.17, 15) is 4.79 Å². The second kappa shape index (κ2) is 5.78. The fraction of sp³-hybridized carbons (Fsp3) is 0.438. The standard InChI is InChI=1S/C16H18N4OS/c21-16(17-13-5-6-13)15-7-11-3-1-2-4-12(11)8-20(15)9-14-10-22-19-18-14/h1-4,10,13,15H,5-9H2,(H,17,21)/t15-/m1/s1. The monoisotopic (exact) mass is 314 g/mol. The van der Waals surface area contributed by atoms with E-state index >= 15 is 0 Å². The Morgan fingerprint density at radius 1 is 1.32 bits per heavy atom. The Labute approximate surface area is 133 Å². The summed E-state index contributed by atoms with van der Waals surface area (Å²) in [7, 11) is 0. The summed E-state index contributed by atoms with van der Waals surface area (Å²) >= 11 is 1.36. The van der Waals surface area contributed by atoms with Crippen LogP contribution in [0, 0.1) is 0 Å². The lowest BCUT2D eigenvalue weighted by atomic mass is 9.93. The van der Waals surface area contributed by atoms with E-state index in [1.54, 1.807) is 0 Å². The predicted molar refractivity (Wildman–Crippen MR) is 84.3 cm³/mol. The van der Waals surface area contributed by atoms with E-state index in [1.807, 2.05) is 5.38 Å².